The van der Waals surface area contributed by atoms with Gasteiger partial charge >= 0.3 is 0 Å². The number of likely N-dealkylation sites (tertiary alicyclic amines) is 1. The van der Waals surface area contributed by atoms with Crippen molar-refractivity contribution in [3.05, 3.63) is 35.6 Å². The van der Waals surface area contributed by atoms with E-state index in [1.165, 1.54) is 37.1 Å². The van der Waals surface area contributed by atoms with Crippen LogP contribution in [0.15, 0.2) is 24.3 Å². The van der Waals surface area contributed by atoms with Gasteiger partial charge in [0.2, 0.25) is 0 Å². The van der Waals surface area contributed by atoms with Gasteiger partial charge in [0.05, 0.1) is 12.1 Å². The summed E-state index contributed by atoms with van der Waals surface area (Å²) in [6, 6.07) is 5.42. The summed E-state index contributed by atoms with van der Waals surface area (Å²) in [5.41, 5.74) is 0.431. The molecule has 1 aliphatic carbocycles. The molecule has 5 heteroatoms. The molecular formula is C18H25FN2O2. The molecule has 0 unspecified atom stereocenters. The molecular weight excluding hydrogens is 295 g/mol. The van der Waals surface area contributed by atoms with E-state index >= 15 is 0 Å². The fraction of sp³-hybridized carbons (Fsp3) is 0.611. The second-order valence-corrected chi connectivity index (χ2v) is 6.67. The van der Waals surface area contributed by atoms with E-state index in [0.29, 0.717) is 5.56 Å². The van der Waals surface area contributed by atoms with Gasteiger partial charge < -0.3 is 10.4 Å². The predicted molar refractivity (Wildman–Crippen MR) is 86.7 cm³/mol. The third kappa shape index (κ3) is 3.90. The van der Waals surface area contributed by atoms with Gasteiger partial charge in [-0.25, -0.2) is 4.39 Å². The standard InChI is InChI=1S/C18H25FN2O2/c19-14-9-7-13(8-10-14)18(23)20-15-5-1-2-6-16(17(15)22)21-11-3-4-12-21/h7-10,15-17,22H,1-6,11-12H2,(H,20,23)/t15-,16-,17-/m1/s1. The van der Waals surface area contributed by atoms with Crippen LogP contribution in [0, 0.1) is 5.82 Å². The van der Waals surface area contributed by atoms with Crippen LogP contribution in [0.1, 0.15) is 48.9 Å². The minimum absolute atomic E-state index is 0.138. The largest absolute Gasteiger partial charge is 0.389 e. The fourth-order valence-corrected chi connectivity index (χ4v) is 3.81. The Hall–Kier alpha value is -1.46. The lowest BCUT2D eigenvalue weighted by atomic mass is 10.00. The van der Waals surface area contributed by atoms with Crippen molar-refractivity contribution < 1.29 is 14.3 Å². The monoisotopic (exact) mass is 320 g/mol. The van der Waals surface area contributed by atoms with Crippen molar-refractivity contribution in [3.63, 3.8) is 0 Å². The molecule has 126 valence electrons. The fourth-order valence-electron chi connectivity index (χ4n) is 3.81. The maximum atomic E-state index is 13.0. The number of nitrogens with zero attached hydrogens (tertiary/aromatic N) is 1. The van der Waals surface area contributed by atoms with E-state index < -0.39 is 6.10 Å². The van der Waals surface area contributed by atoms with Crippen molar-refractivity contribution >= 4 is 5.91 Å². The Morgan fingerprint density at radius 1 is 1.09 bits per heavy atom. The minimum Gasteiger partial charge on any atom is -0.389 e. The third-order valence-electron chi connectivity index (χ3n) is 5.10. The topological polar surface area (TPSA) is 52.6 Å². The molecule has 0 bridgehead atoms. The second-order valence-electron chi connectivity index (χ2n) is 6.67. The van der Waals surface area contributed by atoms with Gasteiger partial charge in [-0.15, -0.1) is 0 Å². The average molecular weight is 320 g/mol. The number of carbonyl (C=O) groups is 1. The van der Waals surface area contributed by atoms with Crippen molar-refractivity contribution in [3.8, 4) is 0 Å². The van der Waals surface area contributed by atoms with E-state index in [9.17, 15) is 14.3 Å². The number of hydrogen-bond acceptors (Lipinski definition) is 3. The molecule has 2 aliphatic rings. The van der Waals surface area contributed by atoms with Crippen LogP contribution in [-0.4, -0.2) is 47.2 Å². The van der Waals surface area contributed by atoms with Gasteiger partial charge in [0.1, 0.15) is 5.82 Å². The van der Waals surface area contributed by atoms with Crippen LogP contribution in [-0.2, 0) is 0 Å². The summed E-state index contributed by atoms with van der Waals surface area (Å²) in [5.74, 6) is -0.596. The lowest BCUT2D eigenvalue weighted by Crippen LogP contribution is -2.52. The first-order valence-corrected chi connectivity index (χ1v) is 8.64. The minimum atomic E-state index is -0.542. The Labute approximate surface area is 136 Å². The van der Waals surface area contributed by atoms with E-state index in [0.717, 1.165) is 38.8 Å². The summed E-state index contributed by atoms with van der Waals surface area (Å²) >= 11 is 0. The smallest absolute Gasteiger partial charge is 0.251 e. The summed E-state index contributed by atoms with van der Waals surface area (Å²) in [6.45, 7) is 2.08. The molecule has 1 saturated heterocycles. The molecule has 0 radical (unpaired) electrons. The number of rotatable bonds is 3. The van der Waals surface area contributed by atoms with E-state index in [4.69, 9.17) is 0 Å². The third-order valence-corrected chi connectivity index (χ3v) is 5.10. The summed E-state index contributed by atoms with van der Waals surface area (Å²) in [5, 5.41) is 13.8. The maximum absolute atomic E-state index is 13.0. The van der Waals surface area contributed by atoms with Gasteiger partial charge in [0.25, 0.3) is 5.91 Å². The highest BCUT2D eigenvalue weighted by molar-refractivity contribution is 5.94. The predicted octanol–water partition coefficient (Wildman–Crippen LogP) is 2.32. The maximum Gasteiger partial charge on any atom is 0.251 e. The van der Waals surface area contributed by atoms with Crippen molar-refractivity contribution in [1.82, 2.24) is 10.2 Å². The zero-order chi connectivity index (χ0) is 16.2. The Morgan fingerprint density at radius 2 is 1.74 bits per heavy atom. The van der Waals surface area contributed by atoms with E-state index in [1.54, 1.807) is 0 Å². The number of nitrogens with one attached hydrogen (secondary N) is 1. The zero-order valence-electron chi connectivity index (χ0n) is 13.4. The van der Waals surface area contributed by atoms with Crippen LogP contribution in [0.2, 0.25) is 0 Å². The molecule has 1 heterocycles. The number of benzene rings is 1. The highest BCUT2D eigenvalue weighted by Gasteiger charge is 2.35. The van der Waals surface area contributed by atoms with Crippen molar-refractivity contribution in [2.45, 2.75) is 56.7 Å². The number of amides is 1. The van der Waals surface area contributed by atoms with E-state index in [-0.39, 0.29) is 23.8 Å². The quantitative estimate of drug-likeness (QED) is 0.841. The molecule has 1 saturated carbocycles. The van der Waals surface area contributed by atoms with Crippen LogP contribution in [0.5, 0.6) is 0 Å². The molecule has 0 spiro atoms. The summed E-state index contributed by atoms with van der Waals surface area (Å²) in [4.78, 5) is 14.7. The second kappa shape index (κ2) is 7.41. The lowest BCUT2D eigenvalue weighted by molar-refractivity contribution is 0.0338. The normalized spacial score (nSPS) is 29.2. The summed E-state index contributed by atoms with van der Waals surface area (Å²) < 4.78 is 13.0. The van der Waals surface area contributed by atoms with Crippen molar-refractivity contribution in [2.75, 3.05) is 13.1 Å². The van der Waals surface area contributed by atoms with E-state index in [1.807, 2.05) is 0 Å². The lowest BCUT2D eigenvalue weighted by Gasteiger charge is -2.34. The Balaban J connectivity index is 1.67. The molecule has 1 aliphatic heterocycles. The number of halogens is 1. The van der Waals surface area contributed by atoms with Gasteiger partial charge in [0, 0.05) is 11.6 Å². The van der Waals surface area contributed by atoms with Gasteiger partial charge in [-0.2, -0.15) is 0 Å². The molecule has 2 N–H and O–H groups in total. The Kier molecular flexibility index (Phi) is 5.28. The Bertz CT molecular complexity index is 528. The SMILES string of the molecule is O=C(N[C@@H]1CCCC[C@@H](N2CCCC2)[C@@H]1O)c1ccc(F)cc1. The number of carbonyl (C=O) groups excluding carboxylic acids is 1. The number of aliphatic hydroxyl groups is 1. The average Bonchev–Trinajstić information content (AvgIpc) is 3.01. The first kappa shape index (κ1) is 16.4. The molecule has 4 nitrogen and oxygen atoms in total. The zero-order valence-corrected chi connectivity index (χ0v) is 13.4. The van der Waals surface area contributed by atoms with Crippen LogP contribution in [0.4, 0.5) is 4.39 Å². The van der Waals surface area contributed by atoms with E-state index in [2.05, 4.69) is 10.2 Å². The van der Waals surface area contributed by atoms with Crippen molar-refractivity contribution in [2.24, 2.45) is 0 Å². The molecule has 1 aromatic rings. The number of hydrogen-bond donors (Lipinski definition) is 2. The van der Waals surface area contributed by atoms with Gasteiger partial charge in [-0.1, -0.05) is 12.8 Å². The molecule has 0 aromatic heterocycles. The first-order valence-electron chi connectivity index (χ1n) is 8.64. The summed E-state index contributed by atoms with van der Waals surface area (Å²) in [7, 11) is 0. The van der Waals surface area contributed by atoms with Crippen LogP contribution in [0.25, 0.3) is 0 Å². The summed E-state index contributed by atoms with van der Waals surface area (Å²) in [6.07, 6.45) is 5.71. The highest BCUT2D eigenvalue weighted by atomic mass is 19.1. The van der Waals surface area contributed by atoms with Gasteiger partial charge in [-0.3, -0.25) is 9.69 Å². The molecule has 1 aromatic carbocycles. The highest BCUT2D eigenvalue weighted by Crippen LogP contribution is 2.26. The van der Waals surface area contributed by atoms with Crippen LogP contribution in [0.3, 0.4) is 0 Å². The molecule has 1 amide bonds. The number of aliphatic hydroxyl groups excluding tert-OH is 1. The first-order chi connectivity index (χ1) is 11.1. The molecule has 3 rings (SSSR count). The molecule has 3 atom stereocenters. The van der Waals surface area contributed by atoms with Gasteiger partial charge in [0.15, 0.2) is 0 Å². The van der Waals surface area contributed by atoms with Crippen molar-refractivity contribution in [1.29, 1.82) is 0 Å². The molecule has 2 fully saturated rings. The molecule has 23 heavy (non-hydrogen) atoms. The van der Waals surface area contributed by atoms with Crippen LogP contribution < -0.4 is 5.32 Å². The van der Waals surface area contributed by atoms with Gasteiger partial charge in [-0.05, 0) is 63.0 Å². The Morgan fingerprint density at radius 3 is 2.43 bits per heavy atom. The van der Waals surface area contributed by atoms with Crippen LogP contribution >= 0.6 is 0 Å².